The quantitative estimate of drug-likeness (QED) is 0.558. The molecule has 0 spiro atoms. The number of benzene rings is 1. The van der Waals surface area contributed by atoms with Gasteiger partial charge >= 0.3 is 11.9 Å². The van der Waals surface area contributed by atoms with Crippen LogP contribution in [0.15, 0.2) is 29.4 Å². The van der Waals surface area contributed by atoms with Crippen LogP contribution in [0.4, 0.5) is 0 Å². The number of allylic oxidation sites excluding steroid dienone is 2. The number of carboxylic acid groups (broad SMARTS) is 2. The highest BCUT2D eigenvalue weighted by molar-refractivity contribution is 6.01. The molecule has 7 nitrogen and oxygen atoms in total. The standard InChI is InChI=1S/C23H31NO6/c1-6-15(7-2)23(22(27)28)11-16(21(25)26)13(3)8-17(23)20-18(29-4)9-14(12-24)10-19(20)30-5/h8-10,15H,6-7,11-12,24H2,1-5H3,(H,25,26)(H,27,28). The minimum Gasteiger partial charge on any atom is -0.496 e. The molecule has 0 fully saturated rings. The van der Waals surface area contributed by atoms with Gasteiger partial charge in [0.2, 0.25) is 0 Å². The van der Waals surface area contributed by atoms with Gasteiger partial charge in [0, 0.05) is 18.5 Å². The zero-order valence-corrected chi connectivity index (χ0v) is 18.2. The average Bonchev–Trinajstić information content (AvgIpc) is 2.73. The first-order chi connectivity index (χ1) is 14.2. The molecule has 164 valence electrons. The van der Waals surface area contributed by atoms with E-state index in [0.717, 1.165) is 5.56 Å². The van der Waals surface area contributed by atoms with Crippen LogP contribution >= 0.6 is 0 Å². The predicted octanol–water partition coefficient (Wildman–Crippen LogP) is 3.86. The Labute approximate surface area is 177 Å². The van der Waals surface area contributed by atoms with Crippen molar-refractivity contribution in [2.24, 2.45) is 17.1 Å². The number of rotatable bonds is 9. The Bertz CT molecular complexity index is 872. The zero-order chi connectivity index (χ0) is 22.6. The van der Waals surface area contributed by atoms with E-state index in [2.05, 4.69) is 0 Å². The van der Waals surface area contributed by atoms with Gasteiger partial charge in [0.05, 0.1) is 19.8 Å². The van der Waals surface area contributed by atoms with Crippen molar-refractivity contribution < 1.29 is 29.3 Å². The van der Waals surface area contributed by atoms with Crippen LogP contribution in [-0.2, 0) is 16.1 Å². The molecule has 0 saturated heterocycles. The zero-order valence-electron chi connectivity index (χ0n) is 18.2. The first-order valence-electron chi connectivity index (χ1n) is 10.1. The van der Waals surface area contributed by atoms with Crippen molar-refractivity contribution in [3.05, 3.63) is 40.5 Å². The van der Waals surface area contributed by atoms with Gasteiger partial charge in [-0.3, -0.25) is 4.79 Å². The second-order valence-corrected chi connectivity index (χ2v) is 7.57. The summed E-state index contributed by atoms with van der Waals surface area (Å²) in [6.45, 7) is 5.81. The molecule has 4 N–H and O–H groups in total. The van der Waals surface area contributed by atoms with Crippen molar-refractivity contribution in [1.82, 2.24) is 0 Å². The number of carboxylic acids is 2. The largest absolute Gasteiger partial charge is 0.496 e. The van der Waals surface area contributed by atoms with E-state index in [1.54, 1.807) is 25.1 Å². The van der Waals surface area contributed by atoms with Crippen LogP contribution in [0.5, 0.6) is 11.5 Å². The molecular formula is C23H31NO6. The van der Waals surface area contributed by atoms with Gasteiger partial charge in [-0.1, -0.05) is 32.8 Å². The molecule has 2 rings (SSSR count). The second-order valence-electron chi connectivity index (χ2n) is 7.57. The van der Waals surface area contributed by atoms with Gasteiger partial charge in [-0.15, -0.1) is 0 Å². The molecule has 30 heavy (non-hydrogen) atoms. The van der Waals surface area contributed by atoms with Crippen molar-refractivity contribution in [1.29, 1.82) is 0 Å². The van der Waals surface area contributed by atoms with Crippen LogP contribution in [0.2, 0.25) is 0 Å². The highest BCUT2D eigenvalue weighted by Crippen LogP contribution is 2.56. The van der Waals surface area contributed by atoms with Crippen LogP contribution in [-0.4, -0.2) is 36.4 Å². The number of methoxy groups -OCH3 is 2. The minimum absolute atomic E-state index is 0.105. The lowest BCUT2D eigenvalue weighted by Crippen LogP contribution is -2.42. The van der Waals surface area contributed by atoms with E-state index in [1.165, 1.54) is 14.2 Å². The summed E-state index contributed by atoms with van der Waals surface area (Å²) in [5.74, 6) is -1.54. The van der Waals surface area contributed by atoms with Gasteiger partial charge in [-0.05, 0) is 41.7 Å². The molecule has 0 bridgehead atoms. The Hall–Kier alpha value is -2.80. The van der Waals surface area contributed by atoms with Crippen LogP contribution in [0.1, 0.15) is 51.2 Å². The fourth-order valence-corrected chi connectivity index (χ4v) is 4.55. The maximum absolute atomic E-state index is 12.9. The van der Waals surface area contributed by atoms with Crippen LogP contribution in [0.3, 0.4) is 0 Å². The van der Waals surface area contributed by atoms with Gasteiger partial charge in [0.25, 0.3) is 0 Å². The van der Waals surface area contributed by atoms with Crippen LogP contribution in [0, 0.1) is 11.3 Å². The summed E-state index contributed by atoms with van der Waals surface area (Å²) in [6.07, 6.45) is 2.73. The molecular weight excluding hydrogens is 386 g/mol. The smallest absolute Gasteiger partial charge is 0.331 e. The summed E-state index contributed by atoms with van der Waals surface area (Å²) >= 11 is 0. The fraction of sp³-hybridized carbons (Fsp3) is 0.478. The van der Waals surface area contributed by atoms with Gasteiger partial charge in [0.15, 0.2) is 0 Å². The Morgan fingerprint density at radius 1 is 1.13 bits per heavy atom. The topological polar surface area (TPSA) is 119 Å². The molecule has 1 aliphatic carbocycles. The van der Waals surface area contributed by atoms with Crippen molar-refractivity contribution in [3.63, 3.8) is 0 Å². The van der Waals surface area contributed by atoms with Crippen molar-refractivity contribution >= 4 is 17.5 Å². The number of nitrogens with two attached hydrogens (primary N) is 1. The number of carbonyl (C=O) groups is 2. The second kappa shape index (κ2) is 9.34. The molecule has 0 radical (unpaired) electrons. The van der Waals surface area contributed by atoms with E-state index in [0.29, 0.717) is 41.1 Å². The molecule has 0 saturated carbocycles. The lowest BCUT2D eigenvalue weighted by molar-refractivity contribution is -0.148. The van der Waals surface area contributed by atoms with Gasteiger partial charge in [-0.2, -0.15) is 0 Å². The molecule has 1 aliphatic rings. The van der Waals surface area contributed by atoms with Gasteiger partial charge in [-0.25, -0.2) is 4.79 Å². The monoisotopic (exact) mass is 417 g/mol. The first kappa shape index (κ1) is 23.5. The Balaban J connectivity index is 2.99. The van der Waals surface area contributed by atoms with Crippen LogP contribution < -0.4 is 15.2 Å². The molecule has 1 aromatic carbocycles. The third-order valence-electron chi connectivity index (χ3n) is 6.17. The molecule has 1 aromatic rings. The van der Waals surface area contributed by atoms with E-state index in [-0.39, 0.29) is 24.5 Å². The normalized spacial score (nSPS) is 19.0. The third-order valence-corrected chi connectivity index (χ3v) is 6.17. The number of aliphatic carboxylic acids is 2. The summed E-state index contributed by atoms with van der Waals surface area (Å²) < 4.78 is 11.2. The van der Waals surface area contributed by atoms with Crippen molar-refractivity contribution in [2.45, 2.75) is 46.6 Å². The van der Waals surface area contributed by atoms with E-state index < -0.39 is 17.4 Å². The van der Waals surface area contributed by atoms with Crippen LogP contribution in [0.25, 0.3) is 5.57 Å². The summed E-state index contributed by atoms with van der Waals surface area (Å²) in [4.78, 5) is 24.8. The average molecular weight is 418 g/mol. The summed E-state index contributed by atoms with van der Waals surface area (Å²) in [5.41, 5.74) is 6.82. The van der Waals surface area contributed by atoms with E-state index in [9.17, 15) is 19.8 Å². The summed E-state index contributed by atoms with van der Waals surface area (Å²) in [7, 11) is 3.01. The Morgan fingerprint density at radius 2 is 1.67 bits per heavy atom. The lowest BCUT2D eigenvalue weighted by Gasteiger charge is -2.42. The van der Waals surface area contributed by atoms with E-state index in [4.69, 9.17) is 15.2 Å². The van der Waals surface area contributed by atoms with Gasteiger partial charge in [0.1, 0.15) is 16.9 Å². The maximum atomic E-state index is 12.9. The van der Waals surface area contributed by atoms with Crippen molar-refractivity contribution in [3.8, 4) is 11.5 Å². The Morgan fingerprint density at radius 3 is 2.03 bits per heavy atom. The van der Waals surface area contributed by atoms with E-state index in [1.807, 2.05) is 13.8 Å². The minimum atomic E-state index is -1.43. The molecule has 1 atom stereocenters. The highest BCUT2D eigenvalue weighted by Gasteiger charge is 2.52. The SMILES string of the molecule is CCC(CC)C1(C(=O)O)CC(C(=O)O)=C(C)C=C1c1c(OC)cc(CN)cc1OC. The molecule has 0 heterocycles. The highest BCUT2D eigenvalue weighted by atomic mass is 16.5. The number of hydrogen-bond donors (Lipinski definition) is 3. The third kappa shape index (κ3) is 3.81. The Kier molecular flexibility index (Phi) is 7.31. The molecule has 7 heteroatoms. The lowest BCUT2D eigenvalue weighted by atomic mass is 9.60. The van der Waals surface area contributed by atoms with Crippen molar-refractivity contribution in [2.75, 3.05) is 14.2 Å². The summed E-state index contributed by atoms with van der Waals surface area (Å²) in [6, 6.07) is 3.54. The number of hydrogen-bond acceptors (Lipinski definition) is 5. The maximum Gasteiger partial charge on any atom is 0.331 e. The van der Waals surface area contributed by atoms with Gasteiger partial charge < -0.3 is 25.4 Å². The predicted molar refractivity (Wildman–Crippen MR) is 115 cm³/mol. The first-order valence-corrected chi connectivity index (χ1v) is 10.1. The number of ether oxygens (including phenoxy) is 2. The molecule has 0 amide bonds. The molecule has 1 unspecified atom stereocenters. The molecule has 0 aliphatic heterocycles. The molecule has 0 aromatic heterocycles. The summed E-state index contributed by atoms with van der Waals surface area (Å²) in [5, 5.41) is 20.2. The van der Waals surface area contributed by atoms with E-state index >= 15 is 0 Å². The fourth-order valence-electron chi connectivity index (χ4n) is 4.55.